The van der Waals surface area contributed by atoms with E-state index in [9.17, 15) is 0 Å². The van der Waals surface area contributed by atoms with Gasteiger partial charge >= 0.3 is 0 Å². The van der Waals surface area contributed by atoms with Crippen molar-refractivity contribution in [3.8, 4) is 0 Å². The van der Waals surface area contributed by atoms with Gasteiger partial charge in [0.1, 0.15) is 3.72 Å². The highest BCUT2D eigenvalue weighted by molar-refractivity contribution is 14.1. The minimum atomic E-state index is 0.831. The zero-order valence-corrected chi connectivity index (χ0v) is 8.15. The number of hydrogen-bond acceptors (Lipinski definition) is 2. The lowest BCUT2D eigenvalue weighted by Gasteiger charge is -1.96. The van der Waals surface area contributed by atoms with Gasteiger partial charge in [-0.25, -0.2) is 0 Å². The van der Waals surface area contributed by atoms with Gasteiger partial charge < -0.3 is 5.84 Å². The maximum Gasteiger partial charge on any atom is 0.102 e. The first-order chi connectivity index (χ1) is 5.33. The van der Waals surface area contributed by atoms with E-state index in [0.717, 1.165) is 10.1 Å². The largest absolute Gasteiger partial charge is 0.323 e. The molecule has 0 aromatic heterocycles. The van der Waals surface area contributed by atoms with Crippen LogP contribution in [0.4, 0.5) is 0 Å². The monoisotopic (exact) mass is 260 g/mol. The van der Waals surface area contributed by atoms with Crippen LogP contribution in [0.15, 0.2) is 35.4 Å². The van der Waals surface area contributed by atoms with Crippen molar-refractivity contribution in [1.29, 1.82) is 0 Å². The summed E-state index contributed by atoms with van der Waals surface area (Å²) in [6.07, 6.45) is 0.831. The molecule has 0 saturated carbocycles. The molecule has 1 aromatic rings. The fraction of sp³-hybridized carbons (Fsp3) is 0.125. The van der Waals surface area contributed by atoms with Crippen molar-refractivity contribution in [2.24, 2.45) is 10.9 Å². The molecule has 2 nitrogen and oxygen atoms in total. The maximum atomic E-state index is 5.10. The van der Waals surface area contributed by atoms with Crippen molar-refractivity contribution in [2.45, 2.75) is 6.42 Å². The van der Waals surface area contributed by atoms with Gasteiger partial charge in [-0.1, -0.05) is 30.3 Å². The maximum absolute atomic E-state index is 5.10. The second-order valence-corrected chi connectivity index (χ2v) is 3.41. The third-order valence-electron chi connectivity index (χ3n) is 1.33. The first-order valence-corrected chi connectivity index (χ1v) is 4.37. The molecule has 0 unspecified atom stereocenters. The molecule has 0 bridgehead atoms. The summed E-state index contributed by atoms with van der Waals surface area (Å²) in [6.45, 7) is 0. The summed E-state index contributed by atoms with van der Waals surface area (Å²) in [6, 6.07) is 10.1. The van der Waals surface area contributed by atoms with Crippen molar-refractivity contribution in [2.75, 3.05) is 0 Å². The lowest BCUT2D eigenvalue weighted by atomic mass is 10.2. The number of benzene rings is 1. The van der Waals surface area contributed by atoms with E-state index in [-0.39, 0.29) is 0 Å². The van der Waals surface area contributed by atoms with Gasteiger partial charge in [0, 0.05) is 6.42 Å². The van der Waals surface area contributed by atoms with Crippen molar-refractivity contribution in [1.82, 2.24) is 0 Å². The van der Waals surface area contributed by atoms with Gasteiger partial charge in [-0.15, -0.1) is 0 Å². The normalized spacial score (nSPS) is 11.5. The predicted molar refractivity (Wildman–Crippen MR) is 55.8 cm³/mol. The highest BCUT2D eigenvalue weighted by Gasteiger charge is 1.94. The third-order valence-corrected chi connectivity index (χ3v) is 1.99. The standard InChI is InChI=1S/C8H9IN2/c9-8(11-10)6-7-4-2-1-3-5-7/h1-5H,6,10H2. The zero-order chi connectivity index (χ0) is 8.10. The molecular weight excluding hydrogens is 251 g/mol. The molecule has 0 amide bonds. The molecule has 0 aliphatic rings. The van der Waals surface area contributed by atoms with Crippen LogP contribution in [-0.4, -0.2) is 3.72 Å². The molecule has 2 N–H and O–H groups in total. The molecule has 0 heterocycles. The van der Waals surface area contributed by atoms with Crippen LogP contribution >= 0.6 is 22.6 Å². The fourth-order valence-corrected chi connectivity index (χ4v) is 1.25. The molecule has 0 fully saturated rings. The zero-order valence-electron chi connectivity index (χ0n) is 6.00. The Morgan fingerprint density at radius 3 is 2.55 bits per heavy atom. The second-order valence-electron chi connectivity index (χ2n) is 2.17. The Labute approximate surface area is 79.6 Å². The molecule has 11 heavy (non-hydrogen) atoms. The van der Waals surface area contributed by atoms with Crippen LogP contribution in [-0.2, 0) is 6.42 Å². The van der Waals surface area contributed by atoms with E-state index in [1.165, 1.54) is 5.56 Å². The summed E-state index contributed by atoms with van der Waals surface area (Å²) in [5, 5.41) is 3.59. The van der Waals surface area contributed by atoms with Crippen LogP contribution in [0, 0.1) is 0 Å². The van der Waals surface area contributed by atoms with E-state index in [1.54, 1.807) is 0 Å². The quantitative estimate of drug-likeness (QED) is 0.375. The molecule has 0 aliphatic carbocycles. The Bertz CT molecular complexity index is 244. The van der Waals surface area contributed by atoms with Crippen LogP contribution in [0.5, 0.6) is 0 Å². The lowest BCUT2D eigenvalue weighted by Crippen LogP contribution is -1.96. The average Bonchev–Trinajstić information content (AvgIpc) is 2.06. The van der Waals surface area contributed by atoms with E-state index in [2.05, 4.69) is 39.8 Å². The molecule has 58 valence electrons. The fourth-order valence-electron chi connectivity index (χ4n) is 0.810. The number of nitrogens with zero attached hydrogens (tertiary/aromatic N) is 1. The van der Waals surface area contributed by atoms with Crippen molar-refractivity contribution < 1.29 is 0 Å². The summed E-state index contributed by atoms with van der Waals surface area (Å²) in [5.41, 5.74) is 1.24. The molecule has 1 rings (SSSR count). The van der Waals surface area contributed by atoms with Crippen LogP contribution in [0.2, 0.25) is 0 Å². The van der Waals surface area contributed by atoms with Crippen LogP contribution < -0.4 is 5.84 Å². The molecule has 0 aliphatic heterocycles. The smallest absolute Gasteiger partial charge is 0.102 e. The molecular formula is C8H9IN2. The molecule has 0 saturated heterocycles. The lowest BCUT2D eigenvalue weighted by molar-refractivity contribution is 1.22. The number of nitrogens with two attached hydrogens (primary N) is 1. The van der Waals surface area contributed by atoms with Gasteiger partial charge in [0.25, 0.3) is 0 Å². The van der Waals surface area contributed by atoms with Gasteiger partial charge in [-0.05, 0) is 28.2 Å². The molecule has 1 aromatic carbocycles. The van der Waals surface area contributed by atoms with E-state index in [0.29, 0.717) is 0 Å². The number of hydrazone groups is 1. The Hall–Kier alpha value is -0.580. The molecule has 3 heteroatoms. The number of rotatable bonds is 2. The van der Waals surface area contributed by atoms with Gasteiger partial charge in [-0.3, -0.25) is 0 Å². The van der Waals surface area contributed by atoms with Crippen LogP contribution in [0.25, 0.3) is 0 Å². The van der Waals surface area contributed by atoms with Gasteiger partial charge in [0.15, 0.2) is 0 Å². The Balaban J connectivity index is 2.65. The Morgan fingerprint density at radius 1 is 1.36 bits per heavy atom. The van der Waals surface area contributed by atoms with Gasteiger partial charge in [0.05, 0.1) is 0 Å². The first kappa shape index (κ1) is 8.52. The molecule has 0 spiro atoms. The highest BCUT2D eigenvalue weighted by Crippen LogP contribution is 2.03. The Morgan fingerprint density at radius 2 is 2.00 bits per heavy atom. The van der Waals surface area contributed by atoms with E-state index in [1.807, 2.05) is 18.2 Å². The topological polar surface area (TPSA) is 38.4 Å². The summed E-state index contributed by atoms with van der Waals surface area (Å²) in [4.78, 5) is 0. The van der Waals surface area contributed by atoms with E-state index in [4.69, 9.17) is 5.84 Å². The number of halogens is 1. The number of hydrogen-bond donors (Lipinski definition) is 1. The van der Waals surface area contributed by atoms with Crippen molar-refractivity contribution in [3.05, 3.63) is 35.9 Å². The second kappa shape index (κ2) is 4.33. The molecule has 0 atom stereocenters. The SMILES string of the molecule is NN=C(I)Cc1ccccc1. The average molecular weight is 260 g/mol. The Kier molecular flexibility index (Phi) is 3.35. The summed E-state index contributed by atoms with van der Waals surface area (Å²) >= 11 is 2.13. The van der Waals surface area contributed by atoms with Crippen LogP contribution in [0.1, 0.15) is 5.56 Å². The summed E-state index contributed by atoms with van der Waals surface area (Å²) < 4.78 is 0.925. The summed E-state index contributed by atoms with van der Waals surface area (Å²) in [7, 11) is 0. The molecule has 0 radical (unpaired) electrons. The minimum Gasteiger partial charge on any atom is -0.323 e. The van der Waals surface area contributed by atoms with E-state index >= 15 is 0 Å². The minimum absolute atomic E-state index is 0.831. The van der Waals surface area contributed by atoms with E-state index < -0.39 is 0 Å². The third kappa shape index (κ3) is 2.88. The summed E-state index contributed by atoms with van der Waals surface area (Å²) in [5.74, 6) is 5.10. The van der Waals surface area contributed by atoms with Crippen LogP contribution in [0.3, 0.4) is 0 Å². The predicted octanol–water partition coefficient (Wildman–Crippen LogP) is 1.94. The van der Waals surface area contributed by atoms with Crippen molar-refractivity contribution in [3.63, 3.8) is 0 Å². The first-order valence-electron chi connectivity index (χ1n) is 3.29. The van der Waals surface area contributed by atoms with Crippen molar-refractivity contribution >= 4 is 26.3 Å². The highest BCUT2D eigenvalue weighted by atomic mass is 127. The van der Waals surface area contributed by atoms with Gasteiger partial charge in [-0.2, -0.15) is 5.10 Å². The van der Waals surface area contributed by atoms with Gasteiger partial charge in [0.2, 0.25) is 0 Å².